The first-order valence-corrected chi connectivity index (χ1v) is 14.7. The number of allylic oxidation sites excluding steroid dienone is 1. The Bertz CT molecular complexity index is 1200. The molecular formula is C26H38N5O8P. The molecule has 5 amide bonds. The molecule has 1 aromatic rings. The van der Waals surface area contributed by atoms with E-state index in [0.29, 0.717) is 30.0 Å². The Morgan fingerprint density at radius 1 is 1.15 bits per heavy atom. The summed E-state index contributed by atoms with van der Waals surface area (Å²) >= 11 is 0. The minimum Gasteiger partial charge on any atom is -0.404 e. The number of primary amides is 1. The number of amides is 5. The number of nitrogens with zero attached hydrogens (tertiary/aromatic N) is 1. The van der Waals surface area contributed by atoms with E-state index in [1.165, 1.54) is 18.2 Å². The number of likely N-dealkylation sites (tertiary alicyclic amines) is 1. The van der Waals surface area contributed by atoms with Crippen LogP contribution in [0.3, 0.4) is 0 Å². The van der Waals surface area contributed by atoms with Crippen molar-refractivity contribution in [2.75, 3.05) is 19.6 Å². The Kier molecular flexibility index (Phi) is 9.99. The number of nitrogens with two attached hydrogens (primary N) is 1. The number of hydrogen-bond donors (Lipinski definition) is 6. The zero-order valence-corrected chi connectivity index (χ0v) is 23.9. The molecule has 1 saturated carbocycles. The van der Waals surface area contributed by atoms with Crippen LogP contribution in [0.5, 0.6) is 5.75 Å². The van der Waals surface area contributed by atoms with Gasteiger partial charge in [-0.05, 0) is 60.3 Å². The highest BCUT2D eigenvalue weighted by molar-refractivity contribution is 7.46. The van der Waals surface area contributed by atoms with Crippen molar-refractivity contribution in [2.45, 2.75) is 46.2 Å². The summed E-state index contributed by atoms with van der Waals surface area (Å²) in [7, 11) is -4.68. The van der Waals surface area contributed by atoms with Crippen LogP contribution in [0.4, 0.5) is 4.79 Å². The van der Waals surface area contributed by atoms with Gasteiger partial charge in [-0.15, -0.1) is 0 Å². The predicted molar refractivity (Wildman–Crippen MR) is 146 cm³/mol. The number of phosphoric ester groups is 1. The molecule has 1 aromatic carbocycles. The van der Waals surface area contributed by atoms with Crippen LogP contribution in [0.25, 0.3) is 5.57 Å². The number of rotatable bonds is 12. The summed E-state index contributed by atoms with van der Waals surface area (Å²) in [5, 5.41) is 7.99. The number of fused-ring (bicyclic) bond motifs is 1. The largest absolute Gasteiger partial charge is 0.524 e. The van der Waals surface area contributed by atoms with Gasteiger partial charge in [0.05, 0.1) is 0 Å². The molecule has 7 N–H and O–H groups in total. The third-order valence-electron chi connectivity index (χ3n) is 7.22. The highest BCUT2D eigenvalue weighted by atomic mass is 31.2. The van der Waals surface area contributed by atoms with Gasteiger partial charge in [-0.2, -0.15) is 0 Å². The number of carbonyl (C=O) groups excluding carboxylic acids is 4. The van der Waals surface area contributed by atoms with E-state index < -0.39 is 31.8 Å². The van der Waals surface area contributed by atoms with Crippen LogP contribution < -0.4 is 26.2 Å². The van der Waals surface area contributed by atoms with Crippen LogP contribution in [0.2, 0.25) is 0 Å². The lowest BCUT2D eigenvalue weighted by atomic mass is 10.0. The third kappa shape index (κ3) is 8.30. The lowest BCUT2D eigenvalue weighted by Crippen LogP contribution is -2.56. The van der Waals surface area contributed by atoms with Crippen molar-refractivity contribution in [1.29, 1.82) is 0 Å². The summed E-state index contributed by atoms with van der Waals surface area (Å²) < 4.78 is 15.5. The average molecular weight is 580 g/mol. The average Bonchev–Trinajstić information content (AvgIpc) is 3.28. The van der Waals surface area contributed by atoms with E-state index in [9.17, 15) is 23.7 Å². The second-order valence-corrected chi connectivity index (χ2v) is 11.9. The standard InChI is InChI=1S/C26H38N5O8P/c1-14(2)11-20(30-21(32)12-15(3)17-5-7-18(8-6-17)39-40(36,37)38)25(34)31-13-19-16(4)22(19)23(31)24(33)28-9-10-29-26(27)35/h5-8,12,14,16,19-20,22-23H,9-11,13H2,1-4H3,(H,28,33)(H,30,32)(H3,27,29,35)(H2,36,37,38)/b15-12+/t16-,19?,20+,22?,23+/m1/s1. The van der Waals surface area contributed by atoms with Crippen molar-refractivity contribution in [3.63, 3.8) is 0 Å². The first kappa shape index (κ1) is 31.1. The molecule has 1 aliphatic heterocycles. The minimum atomic E-state index is -4.68. The monoisotopic (exact) mass is 579 g/mol. The van der Waals surface area contributed by atoms with Gasteiger partial charge in [0.2, 0.25) is 17.7 Å². The number of phosphoric acid groups is 1. The molecule has 13 nitrogen and oxygen atoms in total. The van der Waals surface area contributed by atoms with Crippen molar-refractivity contribution in [3.05, 3.63) is 35.9 Å². The lowest BCUT2D eigenvalue weighted by Gasteiger charge is -2.32. The van der Waals surface area contributed by atoms with Crippen LogP contribution in [0, 0.1) is 23.7 Å². The van der Waals surface area contributed by atoms with E-state index in [1.807, 2.05) is 13.8 Å². The number of hydrogen-bond acceptors (Lipinski definition) is 6. The summed E-state index contributed by atoms with van der Waals surface area (Å²) in [5.74, 6) is -0.452. The van der Waals surface area contributed by atoms with Crippen molar-refractivity contribution in [3.8, 4) is 5.75 Å². The maximum atomic E-state index is 13.7. The zero-order chi connectivity index (χ0) is 29.8. The van der Waals surface area contributed by atoms with Crippen molar-refractivity contribution in [1.82, 2.24) is 20.9 Å². The maximum absolute atomic E-state index is 13.7. The first-order chi connectivity index (χ1) is 18.7. The molecule has 2 aliphatic rings. The van der Waals surface area contributed by atoms with E-state index in [0.717, 1.165) is 0 Å². The molecule has 1 aliphatic carbocycles. The molecule has 0 bridgehead atoms. The second kappa shape index (κ2) is 12.8. The molecule has 1 saturated heterocycles. The number of piperidine rings is 1. The maximum Gasteiger partial charge on any atom is 0.524 e. The molecular weight excluding hydrogens is 541 g/mol. The molecule has 1 heterocycles. The number of benzene rings is 1. The van der Waals surface area contributed by atoms with E-state index >= 15 is 0 Å². The smallest absolute Gasteiger partial charge is 0.404 e. The number of carbonyl (C=O) groups is 4. The summed E-state index contributed by atoms with van der Waals surface area (Å²) in [6, 6.07) is 3.69. The summed E-state index contributed by atoms with van der Waals surface area (Å²) in [4.78, 5) is 70.0. The van der Waals surface area contributed by atoms with Gasteiger partial charge in [-0.3, -0.25) is 24.2 Å². The SMILES string of the molecule is C/C(=C\C(=O)N[C@@H](CC(C)C)C(=O)N1CC2C([C@@H]2C)[C@H]1C(=O)NCCNC(N)=O)c1ccc(OP(=O)(O)O)cc1. The van der Waals surface area contributed by atoms with Gasteiger partial charge in [0.1, 0.15) is 17.8 Å². The Labute approximate surface area is 233 Å². The van der Waals surface area contributed by atoms with Gasteiger partial charge in [0.15, 0.2) is 0 Å². The highest BCUT2D eigenvalue weighted by Gasteiger charge is 2.62. The fourth-order valence-electron chi connectivity index (χ4n) is 5.26. The molecule has 0 aromatic heterocycles. The predicted octanol–water partition coefficient (Wildman–Crippen LogP) is 0.970. The lowest BCUT2D eigenvalue weighted by molar-refractivity contribution is -0.142. The fourth-order valence-corrected chi connectivity index (χ4v) is 5.66. The van der Waals surface area contributed by atoms with Gasteiger partial charge in [0.25, 0.3) is 0 Å². The molecule has 14 heteroatoms. The van der Waals surface area contributed by atoms with Crippen molar-refractivity contribution < 1.29 is 38.1 Å². The van der Waals surface area contributed by atoms with Crippen molar-refractivity contribution >= 4 is 37.1 Å². The Balaban J connectivity index is 1.69. The van der Waals surface area contributed by atoms with Gasteiger partial charge in [0, 0.05) is 25.7 Å². The van der Waals surface area contributed by atoms with E-state index in [1.54, 1.807) is 24.0 Å². The quantitative estimate of drug-likeness (QED) is 0.119. The Hall–Kier alpha value is -3.41. The van der Waals surface area contributed by atoms with E-state index in [2.05, 4.69) is 27.4 Å². The van der Waals surface area contributed by atoms with Gasteiger partial charge in [-0.25, -0.2) is 9.36 Å². The van der Waals surface area contributed by atoms with Gasteiger partial charge >= 0.3 is 13.9 Å². The van der Waals surface area contributed by atoms with Gasteiger partial charge < -0.3 is 31.1 Å². The Morgan fingerprint density at radius 2 is 1.77 bits per heavy atom. The second-order valence-electron chi connectivity index (χ2n) is 10.7. The summed E-state index contributed by atoms with van der Waals surface area (Å²) in [6.45, 7) is 8.41. The first-order valence-electron chi connectivity index (χ1n) is 13.1. The third-order valence-corrected chi connectivity index (χ3v) is 7.67. The molecule has 0 radical (unpaired) electrons. The molecule has 3 rings (SSSR count). The molecule has 0 spiro atoms. The highest BCUT2D eigenvalue weighted by Crippen LogP contribution is 2.55. The van der Waals surface area contributed by atoms with Crippen molar-refractivity contribution in [2.24, 2.45) is 29.4 Å². The number of nitrogens with one attached hydrogen (secondary N) is 3. The summed E-state index contributed by atoms with van der Waals surface area (Å²) in [5.41, 5.74) is 6.24. The normalized spacial score (nSPS) is 22.8. The van der Waals surface area contributed by atoms with Crippen LogP contribution >= 0.6 is 7.82 Å². The van der Waals surface area contributed by atoms with E-state index in [4.69, 9.17) is 15.5 Å². The van der Waals surface area contributed by atoms with Crippen LogP contribution in [-0.4, -0.2) is 70.2 Å². The molecule has 40 heavy (non-hydrogen) atoms. The van der Waals surface area contributed by atoms with Crippen LogP contribution in [0.15, 0.2) is 30.3 Å². The fraction of sp³-hybridized carbons (Fsp3) is 0.538. The van der Waals surface area contributed by atoms with Crippen LogP contribution in [-0.2, 0) is 18.9 Å². The number of urea groups is 1. The molecule has 220 valence electrons. The topological polar surface area (TPSA) is 200 Å². The minimum absolute atomic E-state index is 0.0161. The van der Waals surface area contributed by atoms with E-state index in [-0.39, 0.29) is 48.4 Å². The molecule has 2 unspecified atom stereocenters. The van der Waals surface area contributed by atoms with Crippen LogP contribution in [0.1, 0.15) is 39.7 Å². The molecule has 2 fully saturated rings. The van der Waals surface area contributed by atoms with Gasteiger partial charge in [-0.1, -0.05) is 32.9 Å². The zero-order valence-electron chi connectivity index (χ0n) is 23.0. The molecule has 5 atom stereocenters. The Morgan fingerprint density at radius 3 is 2.35 bits per heavy atom. The summed E-state index contributed by atoms with van der Waals surface area (Å²) in [6.07, 6.45) is 1.73.